The van der Waals surface area contributed by atoms with Crippen molar-refractivity contribution in [2.24, 2.45) is 0 Å². The van der Waals surface area contributed by atoms with Crippen LogP contribution in [-0.2, 0) is 6.42 Å². The molecule has 126 valence electrons. The largest absolute Gasteiger partial charge is 0.497 e. The molecule has 2 aromatic carbocycles. The van der Waals surface area contributed by atoms with Crippen LogP contribution in [0.5, 0.6) is 11.5 Å². The number of carbonyl (C=O) groups excluding carboxylic acids is 1. The summed E-state index contributed by atoms with van der Waals surface area (Å²) in [5.41, 5.74) is 4.07. The average Bonchev–Trinajstić information content (AvgIpc) is 2.56. The molecule has 2 aromatic rings. The van der Waals surface area contributed by atoms with Crippen molar-refractivity contribution < 1.29 is 14.3 Å². The van der Waals surface area contributed by atoms with E-state index >= 15 is 0 Å². The molecule has 0 saturated heterocycles. The quantitative estimate of drug-likeness (QED) is 0.908. The van der Waals surface area contributed by atoms with Gasteiger partial charge in [0.05, 0.1) is 13.2 Å². The van der Waals surface area contributed by atoms with Crippen LogP contribution >= 0.6 is 0 Å². The molecule has 1 heterocycles. The van der Waals surface area contributed by atoms with Crippen LogP contribution in [0.3, 0.4) is 0 Å². The molecule has 3 rings (SSSR count). The Hall–Kier alpha value is -2.69. The van der Waals surface area contributed by atoms with E-state index in [4.69, 9.17) is 9.47 Å². The second kappa shape index (κ2) is 6.83. The van der Waals surface area contributed by atoms with Crippen molar-refractivity contribution in [1.29, 1.82) is 0 Å². The van der Waals surface area contributed by atoms with Crippen LogP contribution in [0.15, 0.2) is 36.4 Å². The van der Waals surface area contributed by atoms with Gasteiger partial charge in [0.2, 0.25) is 0 Å². The number of methoxy groups -OCH3 is 1. The van der Waals surface area contributed by atoms with Crippen LogP contribution in [0, 0.1) is 13.8 Å². The highest BCUT2D eigenvalue weighted by molar-refractivity contribution is 5.90. The Bertz CT molecular complexity index is 758. The van der Waals surface area contributed by atoms with Crippen LogP contribution in [-0.4, -0.2) is 25.8 Å². The summed E-state index contributed by atoms with van der Waals surface area (Å²) < 4.78 is 11.0. The van der Waals surface area contributed by atoms with Crippen LogP contribution in [0.2, 0.25) is 0 Å². The number of carbonyl (C=O) groups is 1. The highest BCUT2D eigenvalue weighted by Crippen LogP contribution is 2.28. The Morgan fingerprint density at radius 2 is 2.04 bits per heavy atom. The summed E-state index contributed by atoms with van der Waals surface area (Å²) >= 11 is 0. The molecule has 0 bridgehead atoms. The minimum atomic E-state index is -0.220. The van der Waals surface area contributed by atoms with E-state index < -0.39 is 0 Å². The first-order valence-electron chi connectivity index (χ1n) is 7.99. The molecule has 0 spiro atoms. The van der Waals surface area contributed by atoms with E-state index in [1.165, 1.54) is 5.56 Å². The molecule has 1 atom stereocenters. The van der Waals surface area contributed by atoms with Crippen molar-refractivity contribution in [3.05, 3.63) is 53.1 Å². The summed E-state index contributed by atoms with van der Waals surface area (Å²) in [4.78, 5) is 12.3. The van der Waals surface area contributed by atoms with Gasteiger partial charge in [-0.1, -0.05) is 17.7 Å². The minimum Gasteiger partial charge on any atom is -0.497 e. The lowest BCUT2D eigenvalue weighted by Crippen LogP contribution is -2.44. The normalized spacial score (nSPS) is 15.9. The first kappa shape index (κ1) is 16.2. The Morgan fingerprint density at radius 3 is 2.79 bits per heavy atom. The van der Waals surface area contributed by atoms with Gasteiger partial charge in [-0.25, -0.2) is 4.79 Å². The van der Waals surface area contributed by atoms with Crippen LogP contribution < -0.4 is 20.1 Å². The number of urea groups is 1. The molecule has 24 heavy (non-hydrogen) atoms. The van der Waals surface area contributed by atoms with Gasteiger partial charge >= 0.3 is 6.03 Å². The topological polar surface area (TPSA) is 59.6 Å². The number of nitrogens with one attached hydrogen (secondary N) is 2. The highest BCUT2D eigenvalue weighted by atomic mass is 16.5. The van der Waals surface area contributed by atoms with Crippen LogP contribution in [0.25, 0.3) is 0 Å². The van der Waals surface area contributed by atoms with Gasteiger partial charge in [-0.3, -0.25) is 0 Å². The van der Waals surface area contributed by atoms with Gasteiger partial charge in [0.15, 0.2) is 0 Å². The predicted molar refractivity (Wildman–Crippen MR) is 94.1 cm³/mol. The molecule has 5 nitrogen and oxygen atoms in total. The molecule has 0 radical (unpaired) electrons. The molecular formula is C19H22N2O3. The average molecular weight is 326 g/mol. The maximum Gasteiger partial charge on any atom is 0.319 e. The van der Waals surface area contributed by atoms with Crippen molar-refractivity contribution in [3.8, 4) is 11.5 Å². The molecule has 0 aromatic heterocycles. The number of anilines is 1. The third-order valence-corrected chi connectivity index (χ3v) is 4.14. The molecule has 1 aliphatic rings. The van der Waals surface area contributed by atoms with E-state index in [1.54, 1.807) is 7.11 Å². The van der Waals surface area contributed by atoms with E-state index in [9.17, 15) is 4.79 Å². The Labute approximate surface area is 142 Å². The highest BCUT2D eigenvalue weighted by Gasteiger charge is 2.22. The molecule has 0 aliphatic carbocycles. The molecule has 1 unspecified atom stereocenters. The van der Waals surface area contributed by atoms with Gasteiger partial charge < -0.3 is 20.1 Å². The summed E-state index contributed by atoms with van der Waals surface area (Å²) in [6.07, 6.45) is 0.715. The Morgan fingerprint density at radius 1 is 1.21 bits per heavy atom. The Balaban J connectivity index is 1.63. The number of benzene rings is 2. The van der Waals surface area contributed by atoms with Crippen molar-refractivity contribution in [2.45, 2.75) is 26.3 Å². The number of hydrogen-bond acceptors (Lipinski definition) is 3. The maximum atomic E-state index is 12.3. The van der Waals surface area contributed by atoms with Crippen LogP contribution in [0.1, 0.15) is 16.7 Å². The van der Waals surface area contributed by atoms with Gasteiger partial charge in [-0.15, -0.1) is 0 Å². The fourth-order valence-corrected chi connectivity index (χ4v) is 2.89. The summed E-state index contributed by atoms with van der Waals surface area (Å²) in [5, 5.41) is 5.87. The second-order valence-electron chi connectivity index (χ2n) is 6.10. The number of aryl methyl sites for hydroxylation is 2. The number of hydrogen-bond donors (Lipinski definition) is 2. The summed E-state index contributed by atoms with van der Waals surface area (Å²) in [7, 11) is 1.64. The van der Waals surface area contributed by atoms with Gasteiger partial charge in [0.25, 0.3) is 0 Å². The molecule has 5 heteroatoms. The zero-order valence-electron chi connectivity index (χ0n) is 14.2. The smallest absolute Gasteiger partial charge is 0.319 e. The van der Waals surface area contributed by atoms with Gasteiger partial charge in [-0.05, 0) is 55.7 Å². The molecule has 2 N–H and O–H groups in total. The monoisotopic (exact) mass is 326 g/mol. The molecular weight excluding hydrogens is 304 g/mol. The third kappa shape index (κ3) is 3.62. The SMILES string of the molecule is COc1ccc2c(c1)CC(NC(=O)Nc1ccc(C)cc1C)CO2. The standard InChI is InChI=1S/C19H22N2O3/c1-12-4-6-17(13(2)8-12)21-19(22)20-15-9-14-10-16(23-3)5-7-18(14)24-11-15/h4-8,10,15H,9,11H2,1-3H3,(H2,20,21,22). The summed E-state index contributed by atoms with van der Waals surface area (Å²) in [6.45, 7) is 4.47. The third-order valence-electron chi connectivity index (χ3n) is 4.14. The lowest BCUT2D eigenvalue weighted by atomic mass is 10.0. The van der Waals surface area contributed by atoms with Crippen molar-refractivity contribution in [2.75, 3.05) is 19.0 Å². The molecule has 2 amide bonds. The van der Waals surface area contributed by atoms with E-state index in [0.717, 1.165) is 28.3 Å². The van der Waals surface area contributed by atoms with Crippen molar-refractivity contribution in [1.82, 2.24) is 5.32 Å². The summed E-state index contributed by atoms with van der Waals surface area (Å²) in [5.74, 6) is 1.64. The Kier molecular flexibility index (Phi) is 4.60. The number of ether oxygens (including phenoxy) is 2. The maximum absolute atomic E-state index is 12.3. The molecule has 1 aliphatic heterocycles. The zero-order chi connectivity index (χ0) is 17.1. The minimum absolute atomic E-state index is 0.0737. The summed E-state index contributed by atoms with van der Waals surface area (Å²) in [6, 6.07) is 11.4. The van der Waals surface area contributed by atoms with E-state index in [1.807, 2.05) is 50.2 Å². The van der Waals surface area contributed by atoms with Gasteiger partial charge in [0, 0.05) is 5.69 Å². The first-order chi connectivity index (χ1) is 11.5. The second-order valence-corrected chi connectivity index (χ2v) is 6.10. The number of fused-ring (bicyclic) bond motifs is 1. The first-order valence-corrected chi connectivity index (χ1v) is 7.99. The van der Waals surface area contributed by atoms with E-state index in [0.29, 0.717) is 13.0 Å². The van der Waals surface area contributed by atoms with Gasteiger partial charge in [-0.2, -0.15) is 0 Å². The molecule has 0 saturated carbocycles. The van der Waals surface area contributed by atoms with E-state index in [-0.39, 0.29) is 12.1 Å². The lowest BCUT2D eigenvalue weighted by Gasteiger charge is -2.26. The number of amides is 2. The predicted octanol–water partition coefficient (Wildman–Crippen LogP) is 3.44. The van der Waals surface area contributed by atoms with Crippen LogP contribution in [0.4, 0.5) is 10.5 Å². The fraction of sp³-hybridized carbons (Fsp3) is 0.316. The number of rotatable bonds is 3. The lowest BCUT2D eigenvalue weighted by molar-refractivity contribution is 0.222. The zero-order valence-corrected chi connectivity index (χ0v) is 14.2. The van der Waals surface area contributed by atoms with E-state index in [2.05, 4.69) is 10.6 Å². The van der Waals surface area contributed by atoms with Crippen molar-refractivity contribution in [3.63, 3.8) is 0 Å². The van der Waals surface area contributed by atoms with Crippen molar-refractivity contribution >= 4 is 11.7 Å². The fourth-order valence-electron chi connectivity index (χ4n) is 2.89. The molecule has 0 fully saturated rings. The van der Waals surface area contributed by atoms with Gasteiger partial charge in [0.1, 0.15) is 18.1 Å².